The maximum atomic E-state index is 14.9. The monoisotopic (exact) mass is 787 g/mol. The van der Waals surface area contributed by atoms with E-state index in [0.717, 1.165) is 34.7 Å². The summed E-state index contributed by atoms with van der Waals surface area (Å²) < 4.78 is 95.4. The number of carbonyl (C=O) groups excluding carboxylic acids is 2. The lowest BCUT2D eigenvalue weighted by molar-refractivity contribution is -0.163. The van der Waals surface area contributed by atoms with Crippen molar-refractivity contribution in [3.8, 4) is 11.5 Å². The predicted molar refractivity (Wildman–Crippen MR) is 185 cm³/mol. The van der Waals surface area contributed by atoms with Crippen molar-refractivity contribution in [3.63, 3.8) is 0 Å². The molecule has 17 heteroatoms. The summed E-state index contributed by atoms with van der Waals surface area (Å²) in [5.41, 5.74) is -5.14. The van der Waals surface area contributed by atoms with Crippen LogP contribution < -0.4 is 9.47 Å². The molecule has 1 aromatic carbocycles. The van der Waals surface area contributed by atoms with Gasteiger partial charge in [0.25, 0.3) is 11.8 Å². The minimum Gasteiger partial charge on any atom is -0.493 e. The third-order valence-corrected chi connectivity index (χ3v) is 10.9. The molecule has 54 heavy (non-hydrogen) atoms. The highest BCUT2D eigenvalue weighted by molar-refractivity contribution is 7.10. The molecule has 3 atom stereocenters. The molecule has 2 aliphatic heterocycles. The average molecular weight is 788 g/mol. The maximum absolute atomic E-state index is 14.9. The Morgan fingerprint density at radius 3 is 2.35 bits per heavy atom. The van der Waals surface area contributed by atoms with Gasteiger partial charge < -0.3 is 34.6 Å². The standard InChI is InChI=1S/C37H43F6N3O7S/c1-3-8-28-35(53-24-20-29(54-22-24)37(41,42)43,12-7-16-46(28)32(49)31-26(36(38,39)40)10-6-15-44-31)33(50)45-17-13-34(51,14-18-45)25-9-4-5-11-27(25)52-21-23(2)19-30(47)48/h4-6,9-11,15,20,22-23,28,30,47-48,51H,3,7-8,12-14,16-19,21H2,1-2H3/t23-,28+,35-/m0/s1. The number of aliphatic hydroxyl groups is 3. The summed E-state index contributed by atoms with van der Waals surface area (Å²) in [5, 5.41) is 31.6. The molecule has 0 unspecified atom stereocenters. The number of amides is 2. The van der Waals surface area contributed by atoms with Crippen molar-refractivity contribution in [3.05, 3.63) is 75.7 Å². The number of aromatic nitrogens is 1. The third kappa shape index (κ3) is 8.95. The topological polar surface area (TPSA) is 133 Å². The number of ether oxygens (including phenoxy) is 2. The number of piperidine rings is 2. The lowest BCUT2D eigenvalue weighted by Crippen LogP contribution is -2.68. The number of hydrogen-bond donors (Lipinski definition) is 3. The highest BCUT2D eigenvalue weighted by atomic mass is 32.1. The molecule has 296 valence electrons. The fourth-order valence-corrected chi connectivity index (χ4v) is 8.01. The lowest BCUT2D eigenvalue weighted by atomic mass is 9.78. The van der Waals surface area contributed by atoms with Crippen molar-refractivity contribution in [1.82, 2.24) is 14.8 Å². The van der Waals surface area contributed by atoms with Gasteiger partial charge in [-0.15, -0.1) is 11.3 Å². The summed E-state index contributed by atoms with van der Waals surface area (Å²) in [6.45, 7) is 3.52. The molecule has 0 bridgehead atoms. The van der Waals surface area contributed by atoms with E-state index in [-0.39, 0.29) is 76.4 Å². The van der Waals surface area contributed by atoms with Gasteiger partial charge in [-0.25, -0.2) is 0 Å². The number of pyridine rings is 1. The summed E-state index contributed by atoms with van der Waals surface area (Å²) >= 11 is 0.361. The van der Waals surface area contributed by atoms with Crippen LogP contribution in [0, 0.1) is 5.92 Å². The molecular weight excluding hydrogens is 744 g/mol. The van der Waals surface area contributed by atoms with E-state index < -0.39 is 63.8 Å². The average Bonchev–Trinajstić information content (AvgIpc) is 3.60. The Labute approximate surface area is 312 Å². The highest BCUT2D eigenvalue weighted by Crippen LogP contribution is 2.44. The fourth-order valence-electron chi connectivity index (χ4n) is 7.33. The van der Waals surface area contributed by atoms with Crippen molar-refractivity contribution in [2.24, 2.45) is 5.92 Å². The molecule has 2 amide bonds. The highest BCUT2D eigenvalue weighted by Gasteiger charge is 2.57. The van der Waals surface area contributed by atoms with Crippen molar-refractivity contribution in [2.75, 3.05) is 26.2 Å². The van der Waals surface area contributed by atoms with Gasteiger partial charge in [0.05, 0.1) is 23.8 Å². The Morgan fingerprint density at radius 1 is 1.02 bits per heavy atom. The second kappa shape index (κ2) is 16.4. The largest absolute Gasteiger partial charge is 0.493 e. The zero-order chi connectivity index (χ0) is 39.5. The van der Waals surface area contributed by atoms with Gasteiger partial charge in [0.1, 0.15) is 22.1 Å². The first kappa shape index (κ1) is 41.2. The van der Waals surface area contributed by atoms with Gasteiger partial charge in [-0.1, -0.05) is 38.5 Å². The van der Waals surface area contributed by atoms with Crippen molar-refractivity contribution >= 4 is 23.2 Å². The zero-order valence-electron chi connectivity index (χ0n) is 29.7. The van der Waals surface area contributed by atoms with E-state index >= 15 is 0 Å². The molecule has 4 heterocycles. The number of rotatable bonds is 12. The SMILES string of the molecule is CCC[C@H]1N(C(=O)c2ncccc2C(F)(F)F)CCC[C@@]1(Oc1csc(C(F)(F)F)c1)C(=O)N1CCC(O)(c2ccccc2OC[C@@H](C)CC(O)O)CC1. The van der Waals surface area contributed by atoms with E-state index in [1.165, 1.54) is 4.90 Å². The van der Waals surface area contributed by atoms with Crippen LogP contribution in [0.3, 0.4) is 0 Å². The van der Waals surface area contributed by atoms with Gasteiger partial charge in [0, 0.05) is 55.7 Å². The van der Waals surface area contributed by atoms with Gasteiger partial charge in [0.15, 0.2) is 6.29 Å². The fraction of sp³-hybridized carbons (Fsp3) is 0.541. The Kier molecular flexibility index (Phi) is 12.5. The number of alkyl halides is 6. The first-order chi connectivity index (χ1) is 25.4. The molecule has 0 radical (unpaired) electrons. The van der Waals surface area contributed by atoms with E-state index in [0.29, 0.717) is 29.1 Å². The number of hydrogen-bond acceptors (Lipinski definition) is 9. The molecule has 0 spiro atoms. The number of para-hydroxylation sites is 1. The Morgan fingerprint density at radius 2 is 1.72 bits per heavy atom. The van der Waals surface area contributed by atoms with Crippen LogP contribution in [0.25, 0.3) is 0 Å². The van der Waals surface area contributed by atoms with E-state index in [1.54, 1.807) is 38.1 Å². The van der Waals surface area contributed by atoms with Crippen LogP contribution in [0.5, 0.6) is 11.5 Å². The number of likely N-dealkylation sites (tertiary alicyclic amines) is 2. The van der Waals surface area contributed by atoms with Crippen LogP contribution in [0.4, 0.5) is 26.3 Å². The summed E-state index contributed by atoms with van der Waals surface area (Å²) in [6.07, 6.45) is -9.55. The smallest absolute Gasteiger partial charge is 0.425 e. The van der Waals surface area contributed by atoms with Gasteiger partial charge >= 0.3 is 12.4 Å². The molecule has 2 aliphatic rings. The van der Waals surface area contributed by atoms with Crippen LogP contribution in [-0.4, -0.2) is 86.1 Å². The molecule has 3 aromatic rings. The third-order valence-electron chi connectivity index (χ3n) is 9.92. The first-order valence-electron chi connectivity index (χ1n) is 17.7. The minimum absolute atomic E-state index is 0.0146. The van der Waals surface area contributed by atoms with Crippen LogP contribution in [0.1, 0.15) is 85.3 Å². The van der Waals surface area contributed by atoms with Crippen molar-refractivity contribution in [2.45, 2.75) is 94.7 Å². The van der Waals surface area contributed by atoms with Crippen LogP contribution in [-0.2, 0) is 22.7 Å². The van der Waals surface area contributed by atoms with Crippen LogP contribution in [0.15, 0.2) is 54.0 Å². The second-order valence-electron chi connectivity index (χ2n) is 13.9. The quantitative estimate of drug-likeness (QED) is 0.138. The predicted octanol–water partition coefficient (Wildman–Crippen LogP) is 6.63. The van der Waals surface area contributed by atoms with Crippen LogP contribution >= 0.6 is 11.3 Å². The van der Waals surface area contributed by atoms with E-state index in [1.807, 2.05) is 0 Å². The van der Waals surface area contributed by atoms with E-state index in [9.17, 15) is 51.3 Å². The van der Waals surface area contributed by atoms with E-state index in [4.69, 9.17) is 9.47 Å². The Bertz CT molecular complexity index is 1760. The zero-order valence-corrected chi connectivity index (χ0v) is 30.5. The number of benzene rings is 1. The number of thiophene rings is 1. The van der Waals surface area contributed by atoms with Gasteiger partial charge in [-0.05, 0) is 49.8 Å². The van der Waals surface area contributed by atoms with Crippen molar-refractivity contribution < 1.29 is 60.7 Å². The first-order valence-corrected chi connectivity index (χ1v) is 18.6. The molecular formula is C37H43F6N3O7S. The summed E-state index contributed by atoms with van der Waals surface area (Å²) in [5.74, 6) is -1.88. The molecule has 3 N–H and O–H groups in total. The molecule has 2 saturated heterocycles. The molecule has 2 fully saturated rings. The minimum atomic E-state index is -4.92. The van der Waals surface area contributed by atoms with Gasteiger partial charge in [-0.2, -0.15) is 26.3 Å². The second-order valence-corrected chi connectivity index (χ2v) is 14.8. The van der Waals surface area contributed by atoms with Gasteiger partial charge in [0.2, 0.25) is 5.60 Å². The maximum Gasteiger partial charge on any atom is 0.425 e. The van der Waals surface area contributed by atoms with Gasteiger partial charge in [-0.3, -0.25) is 14.6 Å². The molecule has 2 aromatic heterocycles. The summed E-state index contributed by atoms with van der Waals surface area (Å²) in [4.78, 5) is 34.2. The molecule has 5 rings (SSSR count). The van der Waals surface area contributed by atoms with E-state index in [2.05, 4.69) is 4.98 Å². The normalized spacial score (nSPS) is 21.2. The summed E-state index contributed by atoms with van der Waals surface area (Å²) in [7, 11) is 0. The molecule has 10 nitrogen and oxygen atoms in total. The number of halogens is 6. The number of aliphatic hydroxyl groups excluding tert-OH is 1. The number of nitrogens with zero attached hydrogens (tertiary/aromatic N) is 3. The molecule has 0 saturated carbocycles. The Balaban J connectivity index is 1.48. The van der Waals surface area contributed by atoms with Crippen molar-refractivity contribution in [1.29, 1.82) is 0 Å². The molecule has 0 aliphatic carbocycles. The van der Waals surface area contributed by atoms with Crippen LogP contribution in [0.2, 0.25) is 0 Å². The lowest BCUT2D eigenvalue weighted by Gasteiger charge is -2.51. The number of carbonyl (C=O) groups is 2. The Hall–Kier alpha value is -3.93. The summed E-state index contributed by atoms with van der Waals surface area (Å²) in [6, 6.07) is 8.14.